The molecule has 0 radical (unpaired) electrons. The number of methoxy groups -OCH3 is 1. The summed E-state index contributed by atoms with van der Waals surface area (Å²) in [5.74, 6) is -0.320. The topological polar surface area (TPSA) is 77.2 Å². The third-order valence-electron chi connectivity index (χ3n) is 2.86. The van der Waals surface area contributed by atoms with E-state index in [1.165, 1.54) is 11.3 Å². The lowest BCUT2D eigenvalue weighted by atomic mass is 10.3. The second-order valence-electron chi connectivity index (χ2n) is 4.26. The van der Waals surface area contributed by atoms with Crippen LogP contribution in [-0.4, -0.2) is 33.0 Å². The number of hydrogen-bond donors (Lipinski definition) is 1. The highest BCUT2D eigenvalue weighted by Crippen LogP contribution is 2.30. The lowest BCUT2D eigenvalue weighted by Crippen LogP contribution is -2.00. The number of halogens is 1. The monoisotopic (exact) mass is 367 g/mol. The van der Waals surface area contributed by atoms with Crippen molar-refractivity contribution in [3.05, 3.63) is 39.4 Å². The number of carboxylic acid groups (broad SMARTS) is 1. The smallest absolute Gasteiger partial charge is 0.345 e. The summed E-state index contributed by atoms with van der Waals surface area (Å²) in [4.78, 5) is 16.5. The van der Waals surface area contributed by atoms with Gasteiger partial charge in [0.2, 0.25) is 0 Å². The highest BCUT2D eigenvalue weighted by molar-refractivity contribution is 9.10. The molecule has 0 aliphatic rings. The van der Waals surface area contributed by atoms with E-state index in [1.54, 1.807) is 24.1 Å². The van der Waals surface area contributed by atoms with E-state index in [9.17, 15) is 4.79 Å². The Labute approximate surface area is 132 Å². The van der Waals surface area contributed by atoms with Gasteiger partial charge in [-0.15, -0.1) is 11.3 Å². The molecule has 21 heavy (non-hydrogen) atoms. The van der Waals surface area contributed by atoms with Crippen LogP contribution in [0.4, 0.5) is 0 Å². The molecule has 0 saturated heterocycles. The largest absolute Gasteiger partial charge is 0.477 e. The zero-order chi connectivity index (χ0) is 15.0. The van der Waals surface area contributed by atoms with E-state index >= 15 is 0 Å². The fourth-order valence-electron chi connectivity index (χ4n) is 1.96. The summed E-state index contributed by atoms with van der Waals surface area (Å²) in [5.41, 5.74) is 0.695. The molecule has 0 aliphatic carbocycles. The molecule has 3 rings (SSSR count). The molecule has 3 aromatic heterocycles. The van der Waals surface area contributed by atoms with Gasteiger partial charge in [-0.3, -0.25) is 0 Å². The summed E-state index contributed by atoms with van der Waals surface area (Å²) in [6, 6.07) is 5.30. The maximum absolute atomic E-state index is 11.2. The Morgan fingerprint density at radius 2 is 2.33 bits per heavy atom. The van der Waals surface area contributed by atoms with Gasteiger partial charge in [-0.25, -0.2) is 14.5 Å². The van der Waals surface area contributed by atoms with Gasteiger partial charge < -0.3 is 9.84 Å². The first-order chi connectivity index (χ1) is 10.1. The third-order valence-corrected chi connectivity index (χ3v) is 4.42. The van der Waals surface area contributed by atoms with Gasteiger partial charge in [0.15, 0.2) is 5.82 Å². The second-order valence-corrected chi connectivity index (χ2v) is 6.21. The zero-order valence-corrected chi connectivity index (χ0v) is 13.3. The maximum Gasteiger partial charge on any atom is 0.345 e. The van der Waals surface area contributed by atoms with Crippen molar-refractivity contribution in [3.8, 4) is 5.82 Å². The van der Waals surface area contributed by atoms with Gasteiger partial charge in [-0.05, 0) is 34.1 Å². The molecule has 1 N–H and O–H groups in total. The Kier molecular flexibility index (Phi) is 3.75. The molecule has 3 aromatic rings. The first-order valence-corrected chi connectivity index (χ1v) is 7.56. The SMILES string of the molecule is COCc1nn(-c2ccc(Br)cn2)c2sc(C(=O)O)cc12. The van der Waals surface area contributed by atoms with Crippen LogP contribution in [0.2, 0.25) is 0 Å². The molecule has 0 aromatic carbocycles. The molecule has 0 saturated carbocycles. The Morgan fingerprint density at radius 3 is 2.95 bits per heavy atom. The van der Waals surface area contributed by atoms with Crippen molar-refractivity contribution >= 4 is 43.5 Å². The Hall–Kier alpha value is -1.77. The minimum Gasteiger partial charge on any atom is -0.477 e. The molecule has 0 bridgehead atoms. The van der Waals surface area contributed by atoms with Crippen molar-refractivity contribution in [1.29, 1.82) is 0 Å². The molecule has 0 aliphatic heterocycles. The van der Waals surface area contributed by atoms with Crippen LogP contribution in [-0.2, 0) is 11.3 Å². The number of rotatable bonds is 4. The number of nitrogens with zero attached hydrogens (tertiary/aromatic N) is 3. The first kappa shape index (κ1) is 14.2. The van der Waals surface area contributed by atoms with E-state index in [1.807, 2.05) is 12.1 Å². The number of pyridine rings is 1. The number of fused-ring (bicyclic) bond motifs is 1. The van der Waals surface area contributed by atoms with Crippen LogP contribution in [0.15, 0.2) is 28.9 Å². The van der Waals surface area contributed by atoms with Gasteiger partial charge in [0.05, 0.1) is 12.3 Å². The highest BCUT2D eigenvalue weighted by atomic mass is 79.9. The van der Waals surface area contributed by atoms with Crippen LogP contribution < -0.4 is 0 Å². The van der Waals surface area contributed by atoms with Crippen LogP contribution in [0.3, 0.4) is 0 Å². The molecular formula is C13H10BrN3O3S. The van der Waals surface area contributed by atoms with Crippen molar-refractivity contribution in [1.82, 2.24) is 14.8 Å². The van der Waals surface area contributed by atoms with Gasteiger partial charge in [0.25, 0.3) is 0 Å². The molecule has 3 heterocycles. The van der Waals surface area contributed by atoms with E-state index in [4.69, 9.17) is 9.84 Å². The minimum atomic E-state index is -0.949. The van der Waals surface area contributed by atoms with E-state index in [-0.39, 0.29) is 4.88 Å². The number of ether oxygens (including phenoxy) is 1. The summed E-state index contributed by atoms with van der Waals surface area (Å²) in [6.07, 6.45) is 1.67. The van der Waals surface area contributed by atoms with E-state index < -0.39 is 5.97 Å². The highest BCUT2D eigenvalue weighted by Gasteiger charge is 2.18. The predicted octanol–water partition coefficient (Wildman–Crippen LogP) is 3.09. The quantitative estimate of drug-likeness (QED) is 0.766. The van der Waals surface area contributed by atoms with Crippen LogP contribution in [0.25, 0.3) is 16.0 Å². The van der Waals surface area contributed by atoms with Crippen molar-refractivity contribution in [3.63, 3.8) is 0 Å². The van der Waals surface area contributed by atoms with Crippen molar-refractivity contribution in [2.24, 2.45) is 0 Å². The molecule has 8 heteroatoms. The number of carboxylic acids is 1. The average molecular weight is 368 g/mol. The third kappa shape index (κ3) is 2.57. The minimum absolute atomic E-state index is 0.269. The fourth-order valence-corrected chi connectivity index (χ4v) is 3.18. The molecule has 0 spiro atoms. The number of hydrogen-bond acceptors (Lipinski definition) is 5. The standard InChI is InChI=1S/C13H10BrN3O3S/c1-20-6-9-8-4-10(13(18)19)21-12(8)17(16-9)11-3-2-7(14)5-15-11/h2-5H,6H2,1H3,(H,18,19). The normalized spacial score (nSPS) is 11.1. The zero-order valence-electron chi connectivity index (χ0n) is 10.9. The van der Waals surface area contributed by atoms with Gasteiger partial charge >= 0.3 is 5.97 Å². The van der Waals surface area contributed by atoms with Crippen molar-refractivity contribution in [2.45, 2.75) is 6.61 Å². The maximum atomic E-state index is 11.2. The Morgan fingerprint density at radius 1 is 1.52 bits per heavy atom. The lowest BCUT2D eigenvalue weighted by molar-refractivity contribution is 0.0702. The second kappa shape index (κ2) is 5.55. The van der Waals surface area contributed by atoms with Crippen LogP contribution in [0.1, 0.15) is 15.4 Å². The average Bonchev–Trinajstić information content (AvgIpc) is 3.01. The summed E-state index contributed by atoms with van der Waals surface area (Å²) < 4.78 is 7.64. The van der Waals surface area contributed by atoms with Crippen molar-refractivity contribution < 1.29 is 14.6 Å². The molecule has 108 valence electrons. The van der Waals surface area contributed by atoms with E-state index in [0.29, 0.717) is 18.1 Å². The summed E-state index contributed by atoms with van der Waals surface area (Å²) >= 11 is 4.51. The molecule has 0 unspecified atom stereocenters. The summed E-state index contributed by atoms with van der Waals surface area (Å²) in [7, 11) is 1.58. The number of aromatic nitrogens is 3. The Balaban J connectivity index is 2.21. The summed E-state index contributed by atoms with van der Waals surface area (Å²) in [5, 5.41) is 14.4. The molecule has 6 nitrogen and oxygen atoms in total. The van der Waals surface area contributed by atoms with Crippen LogP contribution in [0, 0.1) is 0 Å². The van der Waals surface area contributed by atoms with Gasteiger partial charge in [-0.2, -0.15) is 5.10 Å². The first-order valence-electron chi connectivity index (χ1n) is 5.95. The van der Waals surface area contributed by atoms with Gasteiger partial charge in [0.1, 0.15) is 9.71 Å². The summed E-state index contributed by atoms with van der Waals surface area (Å²) in [6.45, 7) is 0.315. The molecular weight excluding hydrogens is 358 g/mol. The predicted molar refractivity (Wildman–Crippen MR) is 82.1 cm³/mol. The molecule has 0 fully saturated rings. The van der Waals surface area contributed by atoms with Crippen LogP contribution in [0.5, 0.6) is 0 Å². The molecule has 0 atom stereocenters. The van der Waals surface area contributed by atoms with E-state index in [2.05, 4.69) is 26.0 Å². The lowest BCUT2D eigenvalue weighted by Gasteiger charge is -2.01. The van der Waals surface area contributed by atoms with Gasteiger partial charge in [-0.1, -0.05) is 0 Å². The molecule has 0 amide bonds. The van der Waals surface area contributed by atoms with Crippen molar-refractivity contribution in [2.75, 3.05) is 7.11 Å². The number of aromatic carboxylic acids is 1. The van der Waals surface area contributed by atoms with E-state index in [0.717, 1.165) is 14.7 Å². The van der Waals surface area contributed by atoms with Crippen LogP contribution >= 0.6 is 27.3 Å². The fraction of sp³-hybridized carbons (Fsp3) is 0.154. The van der Waals surface area contributed by atoms with Gasteiger partial charge in [0, 0.05) is 23.2 Å². The Bertz CT molecular complexity index is 810. The number of thiophene rings is 1. The number of carbonyl (C=O) groups is 1.